The highest BCUT2D eigenvalue weighted by molar-refractivity contribution is 7.92. The van der Waals surface area contributed by atoms with Gasteiger partial charge in [-0.1, -0.05) is 0 Å². The average Bonchev–Trinajstić information content (AvgIpc) is 3.23. The Balaban J connectivity index is 1.88. The van der Waals surface area contributed by atoms with E-state index in [1.807, 2.05) is 0 Å². The Morgan fingerprint density at radius 2 is 1.68 bits per heavy atom. The Hall–Kier alpha value is -2.41. The van der Waals surface area contributed by atoms with Crippen molar-refractivity contribution >= 4 is 17.1 Å². The molecule has 0 spiro atoms. The molecule has 0 N–H and O–H groups in total. The average molecular weight is 555 g/mol. The number of hydrogen-bond acceptors (Lipinski definition) is 4. The minimum atomic E-state index is -6.33. The fraction of sp³-hybridized carbons (Fsp3) is 0.500. The van der Waals surface area contributed by atoms with E-state index in [4.69, 9.17) is 4.74 Å². The third kappa shape index (κ3) is 4.27. The number of rotatable bonds is 5. The van der Waals surface area contributed by atoms with Gasteiger partial charge in [0.15, 0.2) is 9.64 Å². The van der Waals surface area contributed by atoms with Crippen LogP contribution < -0.4 is 0 Å². The maximum absolute atomic E-state index is 14.7. The molecule has 1 heterocycles. The SMILES string of the molecule is CCOC(=O)C1CCC2([S+]([O-])c3ccc(F)cc3)c3ccc(C(F)(C(F)(F)F)C(F)(F)F)nc3CCC12. The van der Waals surface area contributed by atoms with Crippen molar-refractivity contribution in [2.75, 3.05) is 6.61 Å². The van der Waals surface area contributed by atoms with Gasteiger partial charge in [-0.3, -0.25) is 9.78 Å². The molecule has 0 amide bonds. The van der Waals surface area contributed by atoms with Crippen LogP contribution in [0.15, 0.2) is 41.3 Å². The van der Waals surface area contributed by atoms with Gasteiger partial charge in [0.1, 0.15) is 5.82 Å². The van der Waals surface area contributed by atoms with Crippen molar-refractivity contribution in [2.24, 2.45) is 11.8 Å². The summed E-state index contributed by atoms with van der Waals surface area (Å²) in [6, 6.07) is 5.83. The summed E-state index contributed by atoms with van der Waals surface area (Å²) in [6.45, 7) is 1.67. The number of fused-ring (bicyclic) bond motifs is 3. The monoisotopic (exact) mass is 555 g/mol. The van der Waals surface area contributed by atoms with Crippen molar-refractivity contribution in [3.63, 3.8) is 0 Å². The first-order valence-electron chi connectivity index (χ1n) is 11.4. The number of pyridine rings is 1. The van der Waals surface area contributed by atoms with Crippen LogP contribution in [0.25, 0.3) is 0 Å². The quantitative estimate of drug-likeness (QED) is 0.256. The van der Waals surface area contributed by atoms with E-state index in [0.29, 0.717) is 6.07 Å². The van der Waals surface area contributed by atoms with E-state index in [1.165, 1.54) is 12.1 Å². The number of halogens is 8. The number of esters is 1. The lowest BCUT2D eigenvalue weighted by Crippen LogP contribution is -2.51. The van der Waals surface area contributed by atoms with Crippen molar-refractivity contribution in [1.29, 1.82) is 0 Å². The number of aryl methyl sites for hydroxylation is 1. The molecule has 0 radical (unpaired) electrons. The van der Waals surface area contributed by atoms with E-state index < -0.39 is 63.3 Å². The first kappa shape index (κ1) is 27.6. The van der Waals surface area contributed by atoms with Gasteiger partial charge in [-0.05, 0) is 73.8 Å². The predicted octanol–water partition coefficient (Wildman–Crippen LogP) is 6.05. The molecule has 2 aliphatic carbocycles. The lowest BCUT2D eigenvalue weighted by atomic mass is 9.75. The second kappa shape index (κ2) is 9.40. The molecule has 1 aromatic heterocycles. The molecule has 1 saturated carbocycles. The molecule has 2 aromatic rings. The van der Waals surface area contributed by atoms with Crippen molar-refractivity contribution in [3.8, 4) is 0 Å². The van der Waals surface area contributed by atoms with Crippen molar-refractivity contribution in [2.45, 2.75) is 60.3 Å². The van der Waals surface area contributed by atoms with Crippen LogP contribution in [0.2, 0.25) is 0 Å². The first-order valence-corrected chi connectivity index (χ1v) is 12.5. The van der Waals surface area contributed by atoms with Gasteiger partial charge in [0.25, 0.3) is 0 Å². The molecule has 4 unspecified atom stereocenters. The van der Waals surface area contributed by atoms with E-state index in [2.05, 4.69) is 4.98 Å². The highest BCUT2D eigenvalue weighted by Crippen LogP contribution is 2.60. The topological polar surface area (TPSA) is 62.2 Å². The van der Waals surface area contributed by atoms with Gasteiger partial charge in [-0.25, -0.2) is 8.78 Å². The Bertz CT molecular complexity index is 1160. The number of carbonyl (C=O) groups is 1. The molecule has 0 aliphatic heterocycles. The van der Waals surface area contributed by atoms with Crippen LogP contribution >= 0.6 is 0 Å². The summed E-state index contributed by atoms with van der Waals surface area (Å²) < 4.78 is 126. The summed E-state index contributed by atoms with van der Waals surface area (Å²) in [4.78, 5) is 16.3. The van der Waals surface area contributed by atoms with Gasteiger partial charge in [-0.2, -0.15) is 26.3 Å². The second-order valence-corrected chi connectivity index (χ2v) is 10.7. The summed E-state index contributed by atoms with van der Waals surface area (Å²) >= 11 is -2.02. The van der Waals surface area contributed by atoms with Crippen LogP contribution in [0, 0.1) is 17.7 Å². The maximum atomic E-state index is 14.7. The number of carbonyl (C=O) groups excluding carboxylic acids is 1. The van der Waals surface area contributed by atoms with Crippen molar-refractivity contribution in [1.82, 2.24) is 4.98 Å². The Labute approximate surface area is 209 Å². The zero-order valence-electron chi connectivity index (χ0n) is 19.3. The van der Waals surface area contributed by atoms with Crippen LogP contribution in [0.5, 0.6) is 0 Å². The van der Waals surface area contributed by atoms with E-state index >= 15 is 0 Å². The first-order chi connectivity index (χ1) is 17.2. The van der Waals surface area contributed by atoms with Crippen LogP contribution in [0.4, 0.5) is 35.1 Å². The molecule has 1 aromatic carbocycles. The molecule has 4 rings (SSSR count). The summed E-state index contributed by atoms with van der Waals surface area (Å²) in [6.07, 6.45) is -12.5. The Morgan fingerprint density at radius 1 is 1.05 bits per heavy atom. The largest absolute Gasteiger partial charge is 0.611 e. The number of aromatic nitrogens is 1. The van der Waals surface area contributed by atoms with Gasteiger partial charge < -0.3 is 9.29 Å². The maximum Gasteiger partial charge on any atom is 0.437 e. The molecule has 2 aliphatic rings. The van der Waals surface area contributed by atoms with Crippen LogP contribution in [-0.2, 0) is 37.5 Å². The fourth-order valence-corrected chi connectivity index (χ4v) is 7.54. The standard InChI is InChI=1S/C24H21F8NO3S/c1-2-36-20(34)15-11-12-21(37(35)14-5-3-13(25)4-6-14)16(15)7-9-18-17(21)8-10-19(33-18)22(26,23(27,28)29)24(30,31)32/h3-6,8,10,15-16H,2,7,9,11-12H2,1H3. The molecule has 4 atom stereocenters. The third-order valence-electron chi connectivity index (χ3n) is 7.12. The second-order valence-electron chi connectivity index (χ2n) is 9.00. The minimum absolute atomic E-state index is 0.0389. The Morgan fingerprint density at radius 3 is 2.24 bits per heavy atom. The van der Waals surface area contributed by atoms with Crippen molar-refractivity contribution < 1.29 is 49.2 Å². The van der Waals surface area contributed by atoms with Gasteiger partial charge in [0.05, 0.1) is 18.2 Å². The smallest absolute Gasteiger partial charge is 0.437 e. The predicted molar refractivity (Wildman–Crippen MR) is 115 cm³/mol. The van der Waals surface area contributed by atoms with Crippen LogP contribution in [-0.4, -0.2) is 34.5 Å². The number of nitrogens with zero attached hydrogens (tertiary/aromatic N) is 1. The zero-order chi connectivity index (χ0) is 27.4. The number of hydrogen-bond donors (Lipinski definition) is 0. The molecule has 1 fully saturated rings. The molecule has 37 heavy (non-hydrogen) atoms. The normalized spacial score (nSPS) is 24.8. The van der Waals surface area contributed by atoms with Gasteiger partial charge in [0.2, 0.25) is 0 Å². The van der Waals surface area contributed by atoms with Gasteiger partial charge in [0, 0.05) is 23.6 Å². The highest BCUT2D eigenvalue weighted by Gasteiger charge is 2.75. The molecule has 0 saturated heterocycles. The minimum Gasteiger partial charge on any atom is -0.611 e. The van der Waals surface area contributed by atoms with Gasteiger partial charge >= 0.3 is 24.0 Å². The fourth-order valence-electron chi connectivity index (χ4n) is 5.49. The van der Waals surface area contributed by atoms with E-state index in [0.717, 1.165) is 18.2 Å². The van der Waals surface area contributed by atoms with E-state index in [9.17, 15) is 44.5 Å². The van der Waals surface area contributed by atoms with E-state index in [1.54, 1.807) is 6.92 Å². The number of alkyl halides is 7. The molecular weight excluding hydrogens is 534 g/mol. The van der Waals surface area contributed by atoms with E-state index in [-0.39, 0.29) is 48.4 Å². The van der Waals surface area contributed by atoms with Crippen molar-refractivity contribution in [3.05, 3.63) is 59.2 Å². The molecule has 202 valence electrons. The summed E-state index contributed by atoms with van der Waals surface area (Å²) in [5.41, 5.74) is -7.76. The highest BCUT2D eigenvalue weighted by atomic mass is 32.2. The summed E-state index contributed by atoms with van der Waals surface area (Å²) in [5, 5.41) is 0. The summed E-state index contributed by atoms with van der Waals surface area (Å²) in [5.74, 6) is -2.56. The number of ether oxygens (including phenoxy) is 1. The van der Waals surface area contributed by atoms with Gasteiger partial charge in [-0.15, -0.1) is 0 Å². The lowest BCUT2D eigenvalue weighted by Gasteiger charge is -2.42. The van der Waals surface area contributed by atoms with Crippen LogP contribution in [0.3, 0.4) is 0 Å². The van der Waals surface area contributed by atoms with Crippen LogP contribution in [0.1, 0.15) is 43.1 Å². The molecule has 4 nitrogen and oxygen atoms in total. The summed E-state index contributed by atoms with van der Waals surface area (Å²) in [7, 11) is 0. The lowest BCUT2D eigenvalue weighted by molar-refractivity contribution is -0.350. The third-order valence-corrected chi connectivity index (χ3v) is 9.20. The molecule has 13 heteroatoms. The zero-order valence-corrected chi connectivity index (χ0v) is 20.1. The Kier molecular flexibility index (Phi) is 7.02. The molecule has 0 bridgehead atoms. The number of benzene rings is 1. The molecular formula is C24H21F8NO3S.